The molecule has 2 fully saturated rings. The molecule has 5 aromatic rings. The van der Waals surface area contributed by atoms with E-state index in [-0.39, 0.29) is 53.6 Å². The van der Waals surface area contributed by atoms with Gasteiger partial charge >= 0.3 is 6.03 Å². The molecule has 5 amide bonds. The summed E-state index contributed by atoms with van der Waals surface area (Å²) in [5, 5.41) is 17.8. The van der Waals surface area contributed by atoms with Gasteiger partial charge in [-0.3, -0.25) is 28.9 Å². The number of aryl methyl sites for hydroxylation is 2. The SMILES string of the molecule is CN=CC(=CN)c1cc2c(cc1C(F)F)N(c1nn(C3CCN(C(=O)CCCCCCCCCNC(=O)C4CCN(c5ncc(Cl)c(Nc6cc(OC)c7c(c6)cc(OCC(=O)NC)c(=O)n7C)n5)CC4)CC3)c3c1CN(C(=O)NC)CC3)CCC2. The van der Waals surface area contributed by atoms with Crippen molar-refractivity contribution in [3.63, 3.8) is 0 Å². The summed E-state index contributed by atoms with van der Waals surface area (Å²) in [5.74, 6) is 1.73. The third-order valence-electron chi connectivity index (χ3n) is 17.0. The second kappa shape index (κ2) is 28.9. The number of nitrogens with two attached hydrogens (primary N) is 1. The fraction of sp³-hybridized carbons (Fsp3) is 0.525. The number of aromatic nitrogens is 5. The molecule has 0 aliphatic carbocycles. The molecule has 22 nitrogen and oxygen atoms in total. The Morgan fingerprint density at radius 3 is 2.34 bits per heavy atom. The van der Waals surface area contributed by atoms with E-state index >= 15 is 0 Å². The molecule has 6 N–H and O–H groups in total. The van der Waals surface area contributed by atoms with E-state index in [4.69, 9.17) is 36.9 Å². The van der Waals surface area contributed by atoms with Crippen molar-refractivity contribution in [1.29, 1.82) is 0 Å². The molecule has 9 rings (SSSR count). The van der Waals surface area contributed by atoms with E-state index in [1.165, 1.54) is 37.3 Å². The number of anilines is 5. The maximum Gasteiger partial charge on any atom is 0.317 e. The van der Waals surface area contributed by atoms with E-state index in [9.17, 15) is 32.8 Å². The first-order chi connectivity index (χ1) is 41.6. The number of hydrogen-bond donors (Lipinski definition) is 5. The van der Waals surface area contributed by atoms with Crippen LogP contribution in [0, 0.1) is 5.92 Å². The maximum atomic E-state index is 14.8. The highest BCUT2D eigenvalue weighted by Crippen LogP contribution is 2.43. The molecule has 0 spiro atoms. The summed E-state index contributed by atoms with van der Waals surface area (Å²) >= 11 is 6.59. The number of methoxy groups -OCH3 is 1. The van der Waals surface area contributed by atoms with Crippen molar-refractivity contribution in [1.82, 2.24) is 50.1 Å². The number of amides is 5. The molecule has 2 aromatic carbocycles. The zero-order valence-corrected chi connectivity index (χ0v) is 50.6. The molecular weight excluding hydrogens is 1130 g/mol. The van der Waals surface area contributed by atoms with E-state index < -0.39 is 12.0 Å². The van der Waals surface area contributed by atoms with Crippen molar-refractivity contribution in [3.05, 3.63) is 86.1 Å². The number of benzene rings is 2. The number of ether oxygens (including phenoxy) is 2. The lowest BCUT2D eigenvalue weighted by Gasteiger charge is -2.34. The minimum Gasteiger partial charge on any atom is -0.494 e. The lowest BCUT2D eigenvalue weighted by Crippen LogP contribution is -2.42. The summed E-state index contributed by atoms with van der Waals surface area (Å²) in [5.41, 5.74) is 10.8. The summed E-state index contributed by atoms with van der Waals surface area (Å²) in [4.78, 5) is 85.6. The van der Waals surface area contributed by atoms with Crippen molar-refractivity contribution in [2.45, 2.75) is 115 Å². The van der Waals surface area contributed by atoms with Gasteiger partial charge < -0.3 is 60.6 Å². The van der Waals surface area contributed by atoms with Crippen LogP contribution in [0.2, 0.25) is 5.02 Å². The van der Waals surface area contributed by atoms with Gasteiger partial charge in [-0.1, -0.05) is 43.7 Å². The highest BCUT2D eigenvalue weighted by atomic mass is 35.5. The van der Waals surface area contributed by atoms with Crippen LogP contribution in [0.25, 0.3) is 16.5 Å². The van der Waals surface area contributed by atoms with Crippen molar-refractivity contribution in [3.8, 4) is 11.5 Å². The Hall–Kier alpha value is -8.02. The van der Waals surface area contributed by atoms with Crippen LogP contribution in [0.5, 0.6) is 11.5 Å². The number of nitrogens with one attached hydrogen (secondary N) is 4. The number of rotatable bonds is 23. The normalized spacial score (nSPS) is 15.9. The molecule has 0 atom stereocenters. The molecular formula is C61H80ClF2N15O7. The van der Waals surface area contributed by atoms with Gasteiger partial charge in [-0.2, -0.15) is 10.1 Å². The molecule has 4 aliphatic heterocycles. The molecule has 86 heavy (non-hydrogen) atoms. The lowest BCUT2D eigenvalue weighted by molar-refractivity contribution is -0.132. The zero-order chi connectivity index (χ0) is 61.0. The maximum absolute atomic E-state index is 14.8. The number of allylic oxidation sites excluding steroid dienone is 1. The van der Waals surface area contributed by atoms with Crippen LogP contribution in [0.15, 0.2) is 52.5 Å². The predicted molar refractivity (Wildman–Crippen MR) is 329 cm³/mol. The number of nitrogens with zero attached hydrogens (tertiary/aromatic N) is 10. The number of carbonyl (C=O) groups is 4. The third kappa shape index (κ3) is 14.3. The van der Waals surface area contributed by atoms with Crippen LogP contribution in [0.3, 0.4) is 0 Å². The number of unbranched alkanes of at least 4 members (excludes halogenated alkanes) is 6. The number of likely N-dealkylation sites (tertiary alicyclic amines) is 1. The van der Waals surface area contributed by atoms with Gasteiger partial charge in [0, 0.05) is 150 Å². The van der Waals surface area contributed by atoms with Gasteiger partial charge in [0.1, 0.15) is 10.8 Å². The largest absolute Gasteiger partial charge is 0.494 e. The molecule has 2 saturated heterocycles. The summed E-state index contributed by atoms with van der Waals surface area (Å²) < 4.78 is 44.2. The van der Waals surface area contributed by atoms with Gasteiger partial charge in [0.25, 0.3) is 17.9 Å². The Morgan fingerprint density at radius 1 is 0.895 bits per heavy atom. The summed E-state index contributed by atoms with van der Waals surface area (Å²) in [6, 6.07) is 8.35. The van der Waals surface area contributed by atoms with E-state index in [1.54, 1.807) is 50.3 Å². The minimum absolute atomic E-state index is 0.0124. The van der Waals surface area contributed by atoms with Crippen molar-refractivity contribution in [2.75, 3.05) is 95.8 Å². The molecule has 3 aromatic heterocycles. The Bertz CT molecular complexity index is 3390. The summed E-state index contributed by atoms with van der Waals surface area (Å²) in [6.07, 6.45) is 13.9. The molecule has 4 aliphatic rings. The number of pyridine rings is 1. The third-order valence-corrected chi connectivity index (χ3v) is 17.2. The average Bonchev–Trinajstić information content (AvgIpc) is 1.86. The first-order valence-corrected chi connectivity index (χ1v) is 30.3. The van der Waals surface area contributed by atoms with Gasteiger partial charge in [-0.25, -0.2) is 18.6 Å². The highest BCUT2D eigenvalue weighted by molar-refractivity contribution is 6.33. The number of urea groups is 1. The van der Waals surface area contributed by atoms with Crippen LogP contribution < -0.4 is 51.8 Å². The Balaban J connectivity index is 0.684. The number of aliphatic imine (C=N–C) groups is 1. The molecule has 0 radical (unpaired) electrons. The fourth-order valence-corrected chi connectivity index (χ4v) is 12.4. The number of likely N-dealkylation sites (N-methyl/N-ethyl adjacent to an activating group) is 1. The van der Waals surface area contributed by atoms with E-state index in [1.807, 2.05) is 20.8 Å². The van der Waals surface area contributed by atoms with Gasteiger partial charge in [-0.05, 0) is 86.8 Å². The van der Waals surface area contributed by atoms with Crippen molar-refractivity contribution < 1.29 is 37.4 Å². The van der Waals surface area contributed by atoms with Crippen LogP contribution >= 0.6 is 11.6 Å². The first-order valence-electron chi connectivity index (χ1n) is 29.9. The van der Waals surface area contributed by atoms with Crippen molar-refractivity contribution in [2.24, 2.45) is 23.7 Å². The smallest absolute Gasteiger partial charge is 0.317 e. The van der Waals surface area contributed by atoms with Crippen LogP contribution in [0.4, 0.5) is 42.5 Å². The summed E-state index contributed by atoms with van der Waals surface area (Å²) in [7, 11) is 7.79. The Morgan fingerprint density at radius 2 is 1.64 bits per heavy atom. The average molecular weight is 1210 g/mol. The van der Waals surface area contributed by atoms with Gasteiger partial charge in [0.05, 0.1) is 31.4 Å². The number of carbonyl (C=O) groups excluding carboxylic acids is 4. The molecule has 0 bridgehead atoms. The molecule has 7 heterocycles. The van der Waals surface area contributed by atoms with Gasteiger partial charge in [0.2, 0.25) is 17.8 Å². The molecule has 25 heteroatoms. The topological polar surface area (TPSA) is 252 Å². The lowest BCUT2D eigenvalue weighted by atomic mass is 9.92. The van der Waals surface area contributed by atoms with E-state index in [0.717, 1.165) is 81.0 Å². The van der Waals surface area contributed by atoms with E-state index in [2.05, 4.69) is 35.9 Å². The number of hydrogen-bond acceptors (Lipinski definition) is 15. The second-order valence-corrected chi connectivity index (χ2v) is 22.8. The van der Waals surface area contributed by atoms with Gasteiger partial charge in [0.15, 0.2) is 24.0 Å². The Kier molecular flexibility index (Phi) is 21.0. The summed E-state index contributed by atoms with van der Waals surface area (Å²) in [6.45, 7) is 4.21. The van der Waals surface area contributed by atoms with Gasteiger partial charge in [-0.15, -0.1) is 0 Å². The highest BCUT2D eigenvalue weighted by Gasteiger charge is 2.36. The number of fused-ring (bicyclic) bond motifs is 3. The minimum atomic E-state index is -2.75. The quantitative estimate of drug-likeness (QED) is 0.0306. The van der Waals surface area contributed by atoms with Crippen LogP contribution in [-0.2, 0) is 40.8 Å². The zero-order valence-electron chi connectivity index (χ0n) is 49.9. The monoisotopic (exact) mass is 1210 g/mol. The van der Waals surface area contributed by atoms with Crippen LogP contribution in [0.1, 0.15) is 124 Å². The number of halogens is 3. The predicted octanol–water partition coefficient (Wildman–Crippen LogP) is 8.09. The molecule has 0 unspecified atom stereocenters. The number of piperidine rings is 2. The van der Waals surface area contributed by atoms with E-state index in [0.29, 0.717) is 146 Å². The second-order valence-electron chi connectivity index (χ2n) is 22.4. The van der Waals surface area contributed by atoms with Crippen molar-refractivity contribution >= 4 is 87.0 Å². The fourth-order valence-electron chi connectivity index (χ4n) is 12.3. The van der Waals surface area contributed by atoms with Crippen LogP contribution in [-0.4, -0.2) is 145 Å². The standard InChI is InChI=1S/C61H80ClF2N15O7/c1-66-34-41(33-65)44-29-39-14-13-22-78(49(39)32-45(44)55(63)64)57-46-36-77(61(84)68-3)27-20-48(46)79(73-57)43-18-25-75(26-19-43)53(81)15-11-9-7-6-8-10-12-21-69-58(82)38-16-23-76(24-17-38)60-70-35-47(62)56(72-60)71-42-28-40-30-51(86-37-52(80)67-2)59(83)74(4)54(40)50(31-42)85-5/h28-35,38,43,55H,6-27,36-37,65H2,1-5H3,(H,67,80)(H,68,84)(H,69,82)(H,70,71,72). The number of alkyl halides is 2. The molecule has 462 valence electrons. The molecule has 0 saturated carbocycles. The Labute approximate surface area is 504 Å². The first kappa shape index (κ1) is 62.5.